The molecule has 0 radical (unpaired) electrons. The van der Waals surface area contributed by atoms with E-state index in [0.29, 0.717) is 22.9 Å². The first-order chi connectivity index (χ1) is 20.9. The van der Waals surface area contributed by atoms with Crippen molar-refractivity contribution >= 4 is 29.1 Å². The summed E-state index contributed by atoms with van der Waals surface area (Å²) in [6, 6.07) is 8.81. The predicted octanol–water partition coefficient (Wildman–Crippen LogP) is 6.35. The summed E-state index contributed by atoms with van der Waals surface area (Å²) < 4.78 is 98.8. The number of pyridine rings is 1. The standard InChI is InChI=1S/C22H16F2N6O.2C2HF3O2/c1-12-20(13(2)31-29-12)15-8-9-25-11-19(15)27-22-26-10-14-6-7-18(28-30(14)22)21-16(23)4-3-5-17(21)24;2*3-2(4,5)1(6)7/h3-11H,1-2H3,(H,26,27);2*(H,6,7). The maximum Gasteiger partial charge on any atom is 0.490 e. The van der Waals surface area contributed by atoms with E-state index in [0.717, 1.165) is 16.8 Å². The van der Waals surface area contributed by atoms with Crippen molar-refractivity contribution in [3.8, 4) is 22.4 Å². The zero-order valence-electron chi connectivity index (χ0n) is 22.6. The molecule has 0 fully saturated rings. The number of benzene rings is 1. The zero-order chi connectivity index (χ0) is 33.7. The number of anilines is 2. The van der Waals surface area contributed by atoms with E-state index in [1.807, 2.05) is 19.9 Å². The van der Waals surface area contributed by atoms with Crippen LogP contribution in [0.1, 0.15) is 11.5 Å². The summed E-state index contributed by atoms with van der Waals surface area (Å²) in [5, 5.41) is 25.9. The molecule has 5 rings (SSSR count). The Hall–Kier alpha value is -5.62. The third-order valence-electron chi connectivity index (χ3n) is 5.46. The monoisotopic (exact) mass is 646 g/mol. The number of fused-ring (bicyclic) bond motifs is 1. The smallest absolute Gasteiger partial charge is 0.475 e. The van der Waals surface area contributed by atoms with E-state index >= 15 is 0 Å². The Morgan fingerprint density at radius 3 is 1.96 bits per heavy atom. The van der Waals surface area contributed by atoms with Crippen LogP contribution in [0.15, 0.2) is 59.5 Å². The lowest BCUT2D eigenvalue weighted by atomic mass is 10.0. The molecule has 45 heavy (non-hydrogen) atoms. The molecule has 0 aliphatic carbocycles. The molecule has 4 aromatic heterocycles. The molecule has 0 aliphatic heterocycles. The molecule has 1 aromatic carbocycles. The molecule has 0 amide bonds. The van der Waals surface area contributed by atoms with Crippen molar-refractivity contribution in [3.63, 3.8) is 0 Å². The zero-order valence-corrected chi connectivity index (χ0v) is 22.6. The van der Waals surface area contributed by atoms with Gasteiger partial charge in [0.15, 0.2) is 0 Å². The number of aliphatic carboxylic acids is 2. The normalized spacial score (nSPS) is 11.2. The van der Waals surface area contributed by atoms with Crippen LogP contribution in [0.2, 0.25) is 0 Å². The van der Waals surface area contributed by atoms with E-state index in [4.69, 9.17) is 24.3 Å². The highest BCUT2D eigenvalue weighted by Crippen LogP contribution is 2.34. The SMILES string of the molecule is Cc1noc(C)c1-c1ccncc1Nc1ncc2ccc(-c3c(F)cccc3F)nn12.O=C(O)C(F)(F)F.O=C(O)C(F)(F)F. The Kier molecular flexibility index (Phi) is 10.1. The molecule has 3 N–H and O–H groups in total. The highest BCUT2D eigenvalue weighted by Gasteiger charge is 2.38. The Bertz CT molecular complexity index is 1770. The van der Waals surface area contributed by atoms with E-state index in [1.54, 1.807) is 30.7 Å². The summed E-state index contributed by atoms with van der Waals surface area (Å²) in [4.78, 5) is 26.4. The number of alkyl halides is 6. The average molecular weight is 646 g/mol. The molecule has 0 atom stereocenters. The highest BCUT2D eigenvalue weighted by molar-refractivity contribution is 5.81. The lowest BCUT2D eigenvalue weighted by molar-refractivity contribution is -0.193. The van der Waals surface area contributed by atoms with Crippen molar-refractivity contribution < 1.29 is 59.4 Å². The van der Waals surface area contributed by atoms with Gasteiger partial charge >= 0.3 is 24.3 Å². The van der Waals surface area contributed by atoms with E-state index in [9.17, 15) is 35.1 Å². The second kappa shape index (κ2) is 13.3. The number of hydrogen-bond donors (Lipinski definition) is 3. The van der Waals surface area contributed by atoms with Crippen molar-refractivity contribution in [1.82, 2.24) is 24.7 Å². The number of carboxylic acids is 2. The van der Waals surface area contributed by atoms with Crippen LogP contribution in [0.4, 0.5) is 46.8 Å². The summed E-state index contributed by atoms with van der Waals surface area (Å²) in [7, 11) is 0. The minimum Gasteiger partial charge on any atom is -0.475 e. The van der Waals surface area contributed by atoms with Gasteiger partial charge in [-0.1, -0.05) is 11.2 Å². The third-order valence-corrected chi connectivity index (χ3v) is 5.46. The quantitative estimate of drug-likeness (QED) is 0.188. The Morgan fingerprint density at radius 2 is 1.44 bits per heavy atom. The molecule has 0 aliphatic rings. The number of carboxylic acid groups (broad SMARTS) is 2. The molecule has 5 aromatic rings. The lowest BCUT2D eigenvalue weighted by Gasteiger charge is -2.11. The van der Waals surface area contributed by atoms with Crippen LogP contribution in [-0.4, -0.2) is 59.2 Å². The van der Waals surface area contributed by atoms with Crippen molar-refractivity contribution in [2.24, 2.45) is 0 Å². The fraction of sp³-hybridized carbons (Fsp3) is 0.154. The number of nitrogens with one attached hydrogen (secondary N) is 1. The molecule has 4 heterocycles. The number of hydrogen-bond acceptors (Lipinski definition) is 8. The fourth-order valence-corrected chi connectivity index (χ4v) is 3.54. The lowest BCUT2D eigenvalue weighted by Crippen LogP contribution is -2.21. The summed E-state index contributed by atoms with van der Waals surface area (Å²) in [6.07, 6.45) is -5.22. The van der Waals surface area contributed by atoms with Crippen LogP contribution in [-0.2, 0) is 9.59 Å². The van der Waals surface area contributed by atoms with E-state index < -0.39 is 35.9 Å². The molecular weight excluding hydrogens is 628 g/mol. The fourth-order valence-electron chi connectivity index (χ4n) is 3.54. The number of aryl methyl sites for hydroxylation is 2. The van der Waals surface area contributed by atoms with Gasteiger partial charge in [0.1, 0.15) is 17.4 Å². The van der Waals surface area contributed by atoms with Crippen molar-refractivity contribution in [1.29, 1.82) is 0 Å². The molecule has 0 saturated heterocycles. The highest BCUT2D eigenvalue weighted by atomic mass is 19.4. The summed E-state index contributed by atoms with van der Waals surface area (Å²) in [6.45, 7) is 3.69. The first-order valence-electron chi connectivity index (χ1n) is 12.0. The van der Waals surface area contributed by atoms with Crippen molar-refractivity contribution in [2.45, 2.75) is 26.2 Å². The number of imidazole rings is 1. The maximum absolute atomic E-state index is 14.3. The molecule has 19 heteroatoms. The number of nitrogens with zero attached hydrogens (tertiary/aromatic N) is 5. The van der Waals surface area contributed by atoms with Gasteiger partial charge in [0.05, 0.1) is 40.5 Å². The van der Waals surface area contributed by atoms with Gasteiger partial charge in [0, 0.05) is 17.3 Å². The van der Waals surface area contributed by atoms with E-state index in [2.05, 4.69) is 25.5 Å². The molecule has 11 nitrogen and oxygen atoms in total. The van der Waals surface area contributed by atoms with Crippen LogP contribution in [0, 0.1) is 25.5 Å². The van der Waals surface area contributed by atoms with Gasteiger partial charge < -0.3 is 20.1 Å². The maximum atomic E-state index is 14.3. The van der Waals surface area contributed by atoms with Gasteiger partial charge in [-0.3, -0.25) is 4.98 Å². The molecule has 238 valence electrons. The van der Waals surface area contributed by atoms with Gasteiger partial charge in [-0.25, -0.2) is 23.4 Å². The van der Waals surface area contributed by atoms with Crippen LogP contribution < -0.4 is 5.32 Å². The average Bonchev–Trinajstić information content (AvgIpc) is 3.50. The molecule has 0 bridgehead atoms. The number of carbonyl (C=O) groups is 2. The van der Waals surface area contributed by atoms with Gasteiger partial charge in [-0.2, -0.15) is 36.0 Å². The minimum absolute atomic E-state index is 0.154. The van der Waals surface area contributed by atoms with Crippen LogP contribution in [0.25, 0.3) is 27.9 Å². The largest absolute Gasteiger partial charge is 0.490 e. The number of rotatable bonds is 4. The van der Waals surface area contributed by atoms with Crippen LogP contribution in [0.5, 0.6) is 0 Å². The predicted molar refractivity (Wildman–Crippen MR) is 138 cm³/mol. The van der Waals surface area contributed by atoms with Gasteiger partial charge in [-0.15, -0.1) is 0 Å². The summed E-state index contributed by atoms with van der Waals surface area (Å²) in [5.74, 6) is -5.84. The molecule has 0 unspecified atom stereocenters. The van der Waals surface area contributed by atoms with Crippen LogP contribution in [0.3, 0.4) is 0 Å². The van der Waals surface area contributed by atoms with Gasteiger partial charge in [-0.05, 0) is 44.2 Å². The third kappa shape index (κ3) is 8.27. The first-order valence-corrected chi connectivity index (χ1v) is 12.0. The Morgan fingerprint density at radius 1 is 0.867 bits per heavy atom. The molecule has 0 saturated carbocycles. The summed E-state index contributed by atoms with van der Waals surface area (Å²) in [5.41, 5.74) is 3.71. The Balaban J connectivity index is 0.000000331. The molecule has 0 spiro atoms. The second-order valence-corrected chi connectivity index (χ2v) is 8.58. The van der Waals surface area contributed by atoms with Crippen molar-refractivity contribution in [3.05, 3.63) is 78.1 Å². The van der Waals surface area contributed by atoms with Gasteiger partial charge in [0.2, 0.25) is 5.95 Å². The first kappa shape index (κ1) is 33.9. The van der Waals surface area contributed by atoms with E-state index in [-0.39, 0.29) is 11.3 Å². The number of aromatic nitrogens is 5. The summed E-state index contributed by atoms with van der Waals surface area (Å²) >= 11 is 0. The van der Waals surface area contributed by atoms with Gasteiger partial charge in [0.25, 0.3) is 0 Å². The number of halogens is 8. The molecular formula is C26H18F8N6O5. The Labute approximate surface area is 245 Å². The van der Waals surface area contributed by atoms with Crippen molar-refractivity contribution in [2.75, 3.05) is 5.32 Å². The second-order valence-electron chi connectivity index (χ2n) is 8.58. The minimum atomic E-state index is -5.08. The van der Waals surface area contributed by atoms with Crippen LogP contribution >= 0.6 is 0 Å². The topological polar surface area (TPSA) is 156 Å². The van der Waals surface area contributed by atoms with E-state index in [1.165, 1.54) is 22.7 Å².